The number of hydrogen-bond acceptors (Lipinski definition) is 3. The largest absolute Gasteiger partial charge is 0.274 e. The molecule has 5 nitrogen and oxygen atoms in total. The SMILES string of the molecule is CON(C)C(=O)C=Cc1c(C)nn(Cc2ccc(C)cc2)c1C. The quantitative estimate of drug-likeness (QED) is 0.630. The fourth-order valence-electron chi connectivity index (χ4n) is 2.32. The zero-order chi connectivity index (χ0) is 17.0. The van der Waals surface area contributed by atoms with Gasteiger partial charge in [-0.15, -0.1) is 0 Å². The second kappa shape index (κ2) is 7.24. The lowest BCUT2D eigenvalue weighted by atomic mass is 10.1. The third kappa shape index (κ3) is 4.07. The summed E-state index contributed by atoms with van der Waals surface area (Å²) in [4.78, 5) is 16.7. The van der Waals surface area contributed by atoms with Crippen LogP contribution in [0.2, 0.25) is 0 Å². The average Bonchev–Trinajstić information content (AvgIpc) is 2.80. The lowest BCUT2D eigenvalue weighted by molar-refractivity contribution is -0.162. The van der Waals surface area contributed by atoms with Crippen molar-refractivity contribution in [3.63, 3.8) is 0 Å². The van der Waals surface area contributed by atoms with E-state index in [-0.39, 0.29) is 5.91 Å². The molecule has 1 amide bonds. The number of aryl methyl sites for hydroxylation is 2. The smallest absolute Gasteiger partial charge is 0.269 e. The number of benzene rings is 1. The van der Waals surface area contributed by atoms with Gasteiger partial charge in [0, 0.05) is 24.4 Å². The Morgan fingerprint density at radius 2 is 1.91 bits per heavy atom. The highest BCUT2D eigenvalue weighted by Gasteiger charge is 2.10. The first-order valence-electron chi connectivity index (χ1n) is 7.51. The third-order valence-corrected chi connectivity index (χ3v) is 3.87. The molecule has 2 rings (SSSR count). The summed E-state index contributed by atoms with van der Waals surface area (Å²) >= 11 is 0. The van der Waals surface area contributed by atoms with Crippen molar-refractivity contribution in [1.82, 2.24) is 14.8 Å². The number of aromatic nitrogens is 2. The average molecular weight is 313 g/mol. The number of amides is 1. The summed E-state index contributed by atoms with van der Waals surface area (Å²) in [5.74, 6) is -0.211. The summed E-state index contributed by atoms with van der Waals surface area (Å²) in [6.07, 6.45) is 3.29. The zero-order valence-electron chi connectivity index (χ0n) is 14.3. The fraction of sp³-hybridized carbons (Fsp3) is 0.333. The number of carbonyl (C=O) groups is 1. The van der Waals surface area contributed by atoms with E-state index >= 15 is 0 Å². The van der Waals surface area contributed by atoms with Crippen LogP contribution in [0.4, 0.5) is 0 Å². The zero-order valence-corrected chi connectivity index (χ0v) is 14.3. The van der Waals surface area contributed by atoms with E-state index in [0.29, 0.717) is 6.54 Å². The summed E-state index contributed by atoms with van der Waals surface area (Å²) in [5.41, 5.74) is 5.35. The van der Waals surface area contributed by atoms with Crippen molar-refractivity contribution in [2.45, 2.75) is 27.3 Å². The molecule has 1 aromatic carbocycles. The van der Waals surface area contributed by atoms with Crippen LogP contribution >= 0.6 is 0 Å². The molecular formula is C18H23N3O2. The molecule has 0 spiro atoms. The lowest BCUT2D eigenvalue weighted by Crippen LogP contribution is -2.22. The molecule has 0 aliphatic rings. The molecule has 0 bridgehead atoms. The molecule has 2 aromatic rings. The van der Waals surface area contributed by atoms with Crippen LogP contribution in [-0.4, -0.2) is 34.9 Å². The maximum atomic E-state index is 11.8. The molecular weight excluding hydrogens is 290 g/mol. The van der Waals surface area contributed by atoms with Gasteiger partial charge in [0.1, 0.15) is 0 Å². The summed E-state index contributed by atoms with van der Waals surface area (Å²) in [5, 5.41) is 5.76. The summed E-state index contributed by atoms with van der Waals surface area (Å²) in [6.45, 7) is 6.75. The maximum absolute atomic E-state index is 11.8. The Morgan fingerprint density at radius 3 is 2.52 bits per heavy atom. The molecule has 0 aliphatic carbocycles. The van der Waals surface area contributed by atoms with Gasteiger partial charge in [-0.1, -0.05) is 29.8 Å². The fourth-order valence-corrected chi connectivity index (χ4v) is 2.32. The van der Waals surface area contributed by atoms with E-state index in [2.05, 4.69) is 36.3 Å². The number of hydroxylamine groups is 2. The van der Waals surface area contributed by atoms with Crippen molar-refractivity contribution in [2.75, 3.05) is 14.2 Å². The topological polar surface area (TPSA) is 47.4 Å². The van der Waals surface area contributed by atoms with Crippen molar-refractivity contribution < 1.29 is 9.63 Å². The minimum absolute atomic E-state index is 0.211. The second-order valence-corrected chi connectivity index (χ2v) is 5.58. The van der Waals surface area contributed by atoms with Crippen LogP contribution in [0.1, 0.15) is 28.1 Å². The second-order valence-electron chi connectivity index (χ2n) is 5.58. The standard InChI is InChI=1S/C18H23N3O2/c1-13-6-8-16(9-7-13)12-21-15(3)17(14(2)19-21)10-11-18(22)20(4)23-5/h6-11H,12H2,1-5H3. The van der Waals surface area contributed by atoms with E-state index in [9.17, 15) is 4.79 Å². The summed E-state index contributed by atoms with van der Waals surface area (Å²) < 4.78 is 1.96. The molecule has 0 saturated carbocycles. The van der Waals surface area contributed by atoms with Gasteiger partial charge in [0.15, 0.2) is 0 Å². The van der Waals surface area contributed by atoms with Crippen LogP contribution < -0.4 is 0 Å². The van der Waals surface area contributed by atoms with E-state index < -0.39 is 0 Å². The third-order valence-electron chi connectivity index (χ3n) is 3.87. The minimum atomic E-state index is -0.211. The highest BCUT2D eigenvalue weighted by Crippen LogP contribution is 2.17. The number of carbonyl (C=O) groups excluding carboxylic acids is 1. The molecule has 5 heteroatoms. The predicted octanol–water partition coefficient (Wildman–Crippen LogP) is 2.89. The van der Waals surface area contributed by atoms with Crippen LogP contribution in [0.25, 0.3) is 6.08 Å². The number of nitrogens with zero attached hydrogens (tertiary/aromatic N) is 3. The van der Waals surface area contributed by atoms with Crippen LogP contribution in [0.5, 0.6) is 0 Å². The first-order chi connectivity index (χ1) is 10.9. The first-order valence-corrected chi connectivity index (χ1v) is 7.51. The molecule has 1 aromatic heterocycles. The van der Waals surface area contributed by atoms with Crippen molar-refractivity contribution in [3.05, 3.63) is 58.4 Å². The van der Waals surface area contributed by atoms with Crippen LogP contribution in [0.15, 0.2) is 30.3 Å². The number of rotatable bonds is 5. The van der Waals surface area contributed by atoms with Gasteiger partial charge >= 0.3 is 0 Å². The number of hydrogen-bond donors (Lipinski definition) is 0. The Kier molecular flexibility index (Phi) is 5.34. The van der Waals surface area contributed by atoms with Crippen molar-refractivity contribution in [1.29, 1.82) is 0 Å². The Hall–Kier alpha value is -2.40. The van der Waals surface area contributed by atoms with Crippen molar-refractivity contribution >= 4 is 12.0 Å². The van der Waals surface area contributed by atoms with Gasteiger partial charge in [0.2, 0.25) is 0 Å². The van der Waals surface area contributed by atoms with E-state index in [0.717, 1.165) is 17.0 Å². The molecule has 1 heterocycles. The Balaban J connectivity index is 2.20. The molecule has 0 unspecified atom stereocenters. The van der Waals surface area contributed by atoms with E-state index in [1.165, 1.54) is 29.4 Å². The predicted molar refractivity (Wildman–Crippen MR) is 90.8 cm³/mol. The van der Waals surface area contributed by atoms with E-state index in [4.69, 9.17) is 4.84 Å². The number of likely N-dealkylation sites (N-methyl/N-ethyl adjacent to an activating group) is 1. The maximum Gasteiger partial charge on any atom is 0.269 e. The Morgan fingerprint density at radius 1 is 1.26 bits per heavy atom. The van der Waals surface area contributed by atoms with Crippen LogP contribution in [0.3, 0.4) is 0 Å². The molecule has 0 atom stereocenters. The molecule has 0 N–H and O–H groups in total. The molecule has 0 aliphatic heterocycles. The first kappa shape index (κ1) is 17.0. The molecule has 23 heavy (non-hydrogen) atoms. The van der Waals surface area contributed by atoms with Gasteiger partial charge in [0.25, 0.3) is 5.91 Å². The van der Waals surface area contributed by atoms with Crippen molar-refractivity contribution in [2.24, 2.45) is 0 Å². The van der Waals surface area contributed by atoms with Gasteiger partial charge in [-0.2, -0.15) is 5.10 Å². The van der Waals surface area contributed by atoms with Gasteiger partial charge in [-0.05, 0) is 32.4 Å². The normalized spacial score (nSPS) is 11.2. The minimum Gasteiger partial charge on any atom is -0.274 e. The van der Waals surface area contributed by atoms with Crippen molar-refractivity contribution in [3.8, 4) is 0 Å². The summed E-state index contributed by atoms with van der Waals surface area (Å²) in [7, 11) is 3.04. The lowest BCUT2D eigenvalue weighted by Gasteiger charge is -2.10. The molecule has 0 saturated heterocycles. The highest BCUT2D eigenvalue weighted by molar-refractivity contribution is 5.91. The Bertz CT molecular complexity index is 715. The Labute approximate surface area is 137 Å². The van der Waals surface area contributed by atoms with Gasteiger partial charge in [-0.25, -0.2) is 5.06 Å². The van der Waals surface area contributed by atoms with Crippen LogP contribution in [0, 0.1) is 20.8 Å². The van der Waals surface area contributed by atoms with E-state index in [1.807, 2.05) is 18.5 Å². The van der Waals surface area contributed by atoms with E-state index in [1.54, 1.807) is 13.1 Å². The van der Waals surface area contributed by atoms with Crippen LogP contribution in [-0.2, 0) is 16.2 Å². The van der Waals surface area contributed by atoms with Gasteiger partial charge in [-0.3, -0.25) is 14.3 Å². The summed E-state index contributed by atoms with van der Waals surface area (Å²) in [6, 6.07) is 8.42. The highest BCUT2D eigenvalue weighted by atomic mass is 16.7. The molecule has 0 radical (unpaired) electrons. The molecule has 122 valence electrons. The molecule has 0 fully saturated rings. The monoisotopic (exact) mass is 313 g/mol. The van der Waals surface area contributed by atoms with Gasteiger partial charge < -0.3 is 0 Å². The van der Waals surface area contributed by atoms with Gasteiger partial charge in [0.05, 0.1) is 19.3 Å².